The lowest BCUT2D eigenvalue weighted by atomic mass is 10.0. The fraction of sp³-hybridized carbons (Fsp3) is 0.0345. The molecule has 0 unspecified atom stereocenters. The van der Waals surface area contributed by atoms with E-state index in [0.29, 0.717) is 23.3 Å². The molecule has 1 nitrogen and oxygen atoms in total. The minimum absolute atomic E-state index is 0.233. The second-order valence-electron chi connectivity index (χ2n) is 8.16. The van der Waals surface area contributed by atoms with Crippen LogP contribution in [0.5, 0.6) is 5.75 Å². The zero-order chi connectivity index (χ0) is 28.3. The van der Waals surface area contributed by atoms with Gasteiger partial charge in [0.2, 0.25) is 5.75 Å². The van der Waals surface area contributed by atoms with Crippen LogP contribution in [0.1, 0.15) is 16.7 Å². The molecule has 4 aromatic carbocycles. The van der Waals surface area contributed by atoms with Crippen molar-refractivity contribution in [1.82, 2.24) is 0 Å². The van der Waals surface area contributed by atoms with E-state index in [2.05, 4.69) is 4.74 Å². The molecule has 0 fully saturated rings. The van der Waals surface area contributed by atoms with Gasteiger partial charge in [-0.05, 0) is 46.0 Å². The van der Waals surface area contributed by atoms with E-state index in [1.165, 1.54) is 36.4 Å². The van der Waals surface area contributed by atoms with Crippen molar-refractivity contribution in [3.05, 3.63) is 119 Å². The summed E-state index contributed by atoms with van der Waals surface area (Å²) in [4.78, 5) is 0. The van der Waals surface area contributed by atoms with Gasteiger partial charge < -0.3 is 4.74 Å². The SMILES string of the molecule is FC(F)=C(F)c1ccc(-c2ccc(C=Cc3ccc(-c4cc(F)c(OC(F)(F)F)c(F)c4)c(F)c3)cc2)cc1. The molecular formula is C29H15F9O. The highest BCUT2D eigenvalue weighted by molar-refractivity contribution is 5.75. The van der Waals surface area contributed by atoms with Crippen molar-refractivity contribution in [1.29, 1.82) is 0 Å². The third kappa shape index (κ3) is 6.70. The summed E-state index contributed by atoms with van der Waals surface area (Å²) in [7, 11) is 0. The van der Waals surface area contributed by atoms with Crippen molar-refractivity contribution in [2.45, 2.75) is 6.36 Å². The van der Waals surface area contributed by atoms with E-state index < -0.39 is 41.5 Å². The van der Waals surface area contributed by atoms with E-state index in [1.807, 2.05) is 0 Å². The van der Waals surface area contributed by atoms with Crippen LogP contribution in [-0.2, 0) is 0 Å². The van der Waals surface area contributed by atoms with Gasteiger partial charge in [-0.1, -0.05) is 72.8 Å². The van der Waals surface area contributed by atoms with Gasteiger partial charge in [0.1, 0.15) is 5.82 Å². The second-order valence-corrected chi connectivity index (χ2v) is 8.16. The summed E-state index contributed by atoms with van der Waals surface area (Å²) < 4.78 is 121. The largest absolute Gasteiger partial charge is 0.573 e. The molecular weight excluding hydrogens is 535 g/mol. The minimum atomic E-state index is -5.30. The monoisotopic (exact) mass is 550 g/mol. The lowest BCUT2D eigenvalue weighted by Gasteiger charge is -2.12. The molecule has 39 heavy (non-hydrogen) atoms. The molecule has 0 aliphatic carbocycles. The van der Waals surface area contributed by atoms with Crippen LogP contribution < -0.4 is 4.74 Å². The van der Waals surface area contributed by atoms with Crippen molar-refractivity contribution >= 4 is 18.0 Å². The average Bonchev–Trinajstić information content (AvgIpc) is 2.89. The average molecular weight is 550 g/mol. The summed E-state index contributed by atoms with van der Waals surface area (Å²) in [5, 5.41) is 0. The molecule has 0 saturated carbocycles. The molecule has 10 heteroatoms. The number of ether oxygens (including phenoxy) is 1. The first kappa shape index (κ1) is 27.6. The molecule has 0 amide bonds. The van der Waals surface area contributed by atoms with E-state index in [1.54, 1.807) is 36.4 Å². The van der Waals surface area contributed by atoms with E-state index in [0.717, 1.165) is 17.2 Å². The first-order valence-corrected chi connectivity index (χ1v) is 11.1. The lowest BCUT2D eigenvalue weighted by Crippen LogP contribution is -2.19. The fourth-order valence-electron chi connectivity index (χ4n) is 3.70. The summed E-state index contributed by atoms with van der Waals surface area (Å²) in [6, 6.07) is 17.3. The Morgan fingerprint density at radius 2 is 1.10 bits per heavy atom. The third-order valence-electron chi connectivity index (χ3n) is 5.54. The van der Waals surface area contributed by atoms with Gasteiger partial charge in [-0.15, -0.1) is 13.2 Å². The Labute approximate surface area is 216 Å². The summed E-state index contributed by atoms with van der Waals surface area (Å²) in [5.74, 6) is -7.35. The number of hydrogen-bond acceptors (Lipinski definition) is 1. The molecule has 4 rings (SSSR count). The Balaban J connectivity index is 1.49. The quantitative estimate of drug-likeness (QED) is 0.172. The lowest BCUT2D eigenvalue weighted by molar-refractivity contribution is -0.276. The fourth-order valence-corrected chi connectivity index (χ4v) is 3.70. The Morgan fingerprint density at radius 1 is 0.590 bits per heavy atom. The summed E-state index contributed by atoms with van der Waals surface area (Å²) in [6.07, 6.45) is -4.47. The van der Waals surface area contributed by atoms with Crippen molar-refractivity contribution in [2.75, 3.05) is 0 Å². The zero-order valence-corrected chi connectivity index (χ0v) is 19.5. The van der Waals surface area contributed by atoms with Crippen molar-refractivity contribution in [3.63, 3.8) is 0 Å². The molecule has 0 N–H and O–H groups in total. The van der Waals surface area contributed by atoms with Gasteiger partial charge >= 0.3 is 12.4 Å². The summed E-state index contributed by atoms with van der Waals surface area (Å²) >= 11 is 0. The molecule has 0 atom stereocenters. The van der Waals surface area contributed by atoms with Gasteiger partial charge in [0.15, 0.2) is 17.5 Å². The van der Waals surface area contributed by atoms with E-state index in [4.69, 9.17) is 0 Å². The van der Waals surface area contributed by atoms with Crippen LogP contribution >= 0.6 is 0 Å². The standard InChI is InChI=1S/C29H15F9O/c30-23-13-17(5-12-22(23)21-14-24(31)27(25(32)15-21)39-29(36,37)38)2-1-16-3-6-18(7-4-16)19-8-10-20(11-9-19)26(33)28(34)35/h1-15H. The number of rotatable bonds is 6. The molecule has 0 radical (unpaired) electrons. The van der Waals surface area contributed by atoms with Crippen molar-refractivity contribution in [2.24, 2.45) is 0 Å². The van der Waals surface area contributed by atoms with E-state index in [-0.39, 0.29) is 16.7 Å². The predicted octanol–water partition coefficient (Wildman–Crippen LogP) is 10.0. The third-order valence-corrected chi connectivity index (χ3v) is 5.54. The highest BCUT2D eigenvalue weighted by Gasteiger charge is 2.34. The highest BCUT2D eigenvalue weighted by Crippen LogP contribution is 2.34. The Kier molecular flexibility index (Phi) is 7.85. The smallest absolute Gasteiger partial charge is 0.399 e. The van der Waals surface area contributed by atoms with Gasteiger partial charge in [-0.3, -0.25) is 0 Å². The zero-order valence-electron chi connectivity index (χ0n) is 19.5. The molecule has 0 aromatic heterocycles. The molecule has 200 valence electrons. The number of halogens is 9. The molecule has 0 saturated heterocycles. The van der Waals surface area contributed by atoms with Crippen LogP contribution in [-0.4, -0.2) is 6.36 Å². The van der Waals surface area contributed by atoms with Gasteiger partial charge in [-0.2, -0.15) is 8.78 Å². The van der Waals surface area contributed by atoms with Crippen LogP contribution in [0.25, 0.3) is 40.2 Å². The Hall–Kier alpha value is -4.47. The minimum Gasteiger partial charge on any atom is -0.399 e. The first-order chi connectivity index (χ1) is 18.4. The van der Waals surface area contributed by atoms with Crippen LogP contribution in [0, 0.1) is 17.5 Å². The molecule has 0 heterocycles. The van der Waals surface area contributed by atoms with Crippen LogP contribution in [0.4, 0.5) is 39.5 Å². The maximum atomic E-state index is 14.7. The maximum absolute atomic E-state index is 14.7. The number of benzene rings is 4. The van der Waals surface area contributed by atoms with Gasteiger partial charge in [0, 0.05) is 11.1 Å². The predicted molar refractivity (Wildman–Crippen MR) is 129 cm³/mol. The van der Waals surface area contributed by atoms with E-state index in [9.17, 15) is 39.5 Å². The van der Waals surface area contributed by atoms with Gasteiger partial charge in [0.05, 0.1) is 0 Å². The summed E-state index contributed by atoms with van der Waals surface area (Å²) in [5.41, 5.74) is 1.74. The molecule has 0 bridgehead atoms. The van der Waals surface area contributed by atoms with Crippen LogP contribution in [0.2, 0.25) is 0 Å². The van der Waals surface area contributed by atoms with Crippen LogP contribution in [0.15, 0.2) is 84.9 Å². The van der Waals surface area contributed by atoms with Gasteiger partial charge in [0.25, 0.3) is 0 Å². The van der Waals surface area contributed by atoms with Crippen molar-refractivity contribution in [3.8, 4) is 28.0 Å². The molecule has 0 spiro atoms. The van der Waals surface area contributed by atoms with E-state index >= 15 is 0 Å². The number of hydrogen-bond donors (Lipinski definition) is 0. The second kappa shape index (κ2) is 11.1. The van der Waals surface area contributed by atoms with Gasteiger partial charge in [-0.25, -0.2) is 17.6 Å². The normalized spacial score (nSPS) is 11.6. The first-order valence-electron chi connectivity index (χ1n) is 11.1. The van der Waals surface area contributed by atoms with Crippen LogP contribution in [0.3, 0.4) is 0 Å². The summed E-state index contributed by atoms with van der Waals surface area (Å²) in [6.45, 7) is 0. The topological polar surface area (TPSA) is 9.23 Å². The molecule has 4 aromatic rings. The van der Waals surface area contributed by atoms with Crippen molar-refractivity contribution < 1.29 is 44.3 Å². The number of alkyl halides is 3. The molecule has 0 aliphatic heterocycles. The molecule has 0 aliphatic rings. The maximum Gasteiger partial charge on any atom is 0.573 e. The Morgan fingerprint density at radius 3 is 1.62 bits per heavy atom. The highest BCUT2D eigenvalue weighted by atomic mass is 19.4. The Bertz CT molecular complexity index is 1520.